The molecule has 188 valence electrons. The molecule has 4 heterocycles. The van der Waals surface area contributed by atoms with Crippen LogP contribution in [0.2, 0.25) is 0 Å². The number of ether oxygens (including phenoxy) is 3. The van der Waals surface area contributed by atoms with Gasteiger partial charge in [0.05, 0.1) is 10.7 Å². The Morgan fingerprint density at radius 2 is 1.31 bits per heavy atom. The Morgan fingerprint density at radius 1 is 0.771 bits per heavy atom. The molecule has 4 atom stereocenters. The van der Waals surface area contributed by atoms with E-state index in [1.54, 1.807) is 0 Å². The van der Waals surface area contributed by atoms with Gasteiger partial charge in [-0.25, -0.2) is 0 Å². The van der Waals surface area contributed by atoms with Gasteiger partial charge in [0.25, 0.3) is 0 Å². The standard InChI is InChI=1S/C16H21O3P.C12H10N.ClH.Pd/c1-13-10-15(3)19-14(2,17-13)11-16(4,18-13)20(15)12-8-6-5-7-9-12;13-12-9-5-4-8-11(12)10-6-2-1-3-7-10;;/h5-9H,10-11H2,1-4H3;1-6,8-9H,13H2;1H;/q;-1;;+2/p-1/t13-,14-,15+,16+;;;/m0.../s1. The Hall–Kier alpha value is -1.28. The summed E-state index contributed by atoms with van der Waals surface area (Å²) in [6, 6.07) is 29.5. The van der Waals surface area contributed by atoms with Gasteiger partial charge in [-0.15, -0.1) is 35.9 Å². The molecular weight excluding hydrogens is 571 g/mol. The number of nitrogens with two attached hydrogens (primary N) is 1. The van der Waals surface area contributed by atoms with Gasteiger partial charge < -0.3 is 19.9 Å². The van der Waals surface area contributed by atoms with Crippen LogP contribution in [0.5, 0.6) is 0 Å². The number of hydrogen-bond acceptors (Lipinski definition) is 4. The Labute approximate surface area is 224 Å². The second-order valence-electron chi connectivity index (χ2n) is 9.81. The molecule has 0 radical (unpaired) electrons. The fraction of sp³-hybridized carbons (Fsp3) is 0.357. The number of hydrogen-bond donors (Lipinski definition) is 1. The van der Waals surface area contributed by atoms with Gasteiger partial charge in [0.2, 0.25) is 0 Å². The van der Waals surface area contributed by atoms with E-state index in [0.29, 0.717) is 0 Å². The molecule has 0 unspecified atom stereocenters. The third kappa shape index (κ3) is 5.39. The fourth-order valence-corrected chi connectivity index (χ4v) is 10.0. The van der Waals surface area contributed by atoms with Crippen molar-refractivity contribution in [3.8, 4) is 11.1 Å². The van der Waals surface area contributed by atoms with Crippen molar-refractivity contribution in [1.82, 2.24) is 0 Å². The predicted molar refractivity (Wildman–Crippen MR) is 140 cm³/mol. The van der Waals surface area contributed by atoms with Crippen molar-refractivity contribution in [2.45, 2.75) is 62.8 Å². The number of anilines is 1. The first kappa shape index (κ1) is 26.8. The molecule has 4 aliphatic rings. The second kappa shape index (κ2) is 10.2. The zero-order chi connectivity index (χ0) is 25.3. The molecule has 3 aromatic rings. The van der Waals surface area contributed by atoms with Crippen molar-refractivity contribution in [1.29, 1.82) is 0 Å². The van der Waals surface area contributed by atoms with E-state index in [1.807, 2.05) is 48.5 Å². The third-order valence-corrected chi connectivity index (χ3v) is 9.73. The van der Waals surface area contributed by atoms with Crippen LogP contribution in [0.3, 0.4) is 0 Å². The summed E-state index contributed by atoms with van der Waals surface area (Å²) in [5.74, 6) is -1.02. The van der Waals surface area contributed by atoms with Crippen LogP contribution in [0.15, 0.2) is 78.9 Å². The topological polar surface area (TPSA) is 53.7 Å². The van der Waals surface area contributed by atoms with Gasteiger partial charge in [0.1, 0.15) is 0 Å². The summed E-state index contributed by atoms with van der Waals surface area (Å²) in [4.78, 5) is 0. The SMILES string of the molecule is C[C@@]12C[C@]3(C)O[C@@](C)(C[C@](C)(O1)P3c1ccccc1)O2.Nc1ccccc1-c1[c-]cccc1.[Cl][Pd+]. The van der Waals surface area contributed by atoms with E-state index in [2.05, 4.69) is 91.8 Å². The molecule has 4 aliphatic heterocycles. The van der Waals surface area contributed by atoms with Gasteiger partial charge in [-0.3, -0.25) is 0 Å². The zero-order valence-electron chi connectivity index (χ0n) is 20.4. The molecule has 0 aliphatic carbocycles. The first-order chi connectivity index (χ1) is 16.6. The van der Waals surface area contributed by atoms with E-state index in [0.717, 1.165) is 29.7 Å². The van der Waals surface area contributed by atoms with Gasteiger partial charge >= 0.3 is 27.7 Å². The Morgan fingerprint density at radius 3 is 1.86 bits per heavy atom. The minimum atomic E-state index is -0.553. The summed E-state index contributed by atoms with van der Waals surface area (Å²) in [5.41, 5.74) is 8.72. The molecule has 2 N–H and O–H groups in total. The van der Waals surface area contributed by atoms with E-state index < -0.39 is 19.5 Å². The molecule has 0 spiro atoms. The van der Waals surface area contributed by atoms with E-state index in [1.165, 1.54) is 5.30 Å². The van der Waals surface area contributed by atoms with Crippen molar-refractivity contribution < 1.29 is 32.4 Å². The van der Waals surface area contributed by atoms with Crippen molar-refractivity contribution in [2.75, 3.05) is 5.73 Å². The van der Waals surface area contributed by atoms with Crippen molar-refractivity contribution in [3.63, 3.8) is 0 Å². The Kier molecular flexibility index (Phi) is 7.83. The number of para-hydroxylation sites is 1. The molecule has 0 saturated carbocycles. The first-order valence-corrected chi connectivity index (χ1v) is 14.9. The van der Waals surface area contributed by atoms with Crippen LogP contribution >= 0.6 is 17.5 Å². The molecule has 4 fully saturated rings. The van der Waals surface area contributed by atoms with Gasteiger partial charge in [0, 0.05) is 12.8 Å². The van der Waals surface area contributed by atoms with E-state index in [-0.39, 0.29) is 10.7 Å². The maximum absolute atomic E-state index is 6.42. The van der Waals surface area contributed by atoms with E-state index in [9.17, 15) is 0 Å². The van der Waals surface area contributed by atoms with Crippen LogP contribution < -0.4 is 11.0 Å². The summed E-state index contributed by atoms with van der Waals surface area (Å²) < 4.78 is 18.9. The average Bonchev–Trinajstić information content (AvgIpc) is 2.79. The van der Waals surface area contributed by atoms with Gasteiger partial charge in [-0.2, -0.15) is 0 Å². The molecule has 0 amide bonds. The van der Waals surface area contributed by atoms with Crippen LogP contribution in [0.25, 0.3) is 11.1 Å². The van der Waals surface area contributed by atoms with Crippen LogP contribution in [-0.4, -0.2) is 22.3 Å². The van der Waals surface area contributed by atoms with E-state index >= 15 is 0 Å². The zero-order valence-corrected chi connectivity index (χ0v) is 23.6. The van der Waals surface area contributed by atoms with Crippen LogP contribution in [0, 0.1) is 6.07 Å². The van der Waals surface area contributed by atoms with Gasteiger partial charge in [-0.1, -0.05) is 54.1 Å². The molecule has 4 bridgehead atoms. The molecular formula is C28H31ClNO3PPd. The second-order valence-corrected chi connectivity index (χ2v) is 12.9. The normalized spacial score (nSPS) is 34.3. The molecule has 3 aromatic carbocycles. The molecule has 4 saturated heterocycles. The molecule has 0 aromatic heterocycles. The monoisotopic (exact) mass is 601 g/mol. The van der Waals surface area contributed by atoms with Crippen molar-refractivity contribution in [2.24, 2.45) is 0 Å². The summed E-state index contributed by atoms with van der Waals surface area (Å²) in [7, 11) is 3.94. The number of halogens is 1. The van der Waals surface area contributed by atoms with Crippen LogP contribution in [0.1, 0.15) is 40.5 Å². The first-order valence-electron chi connectivity index (χ1n) is 11.5. The van der Waals surface area contributed by atoms with Crippen LogP contribution in [0.4, 0.5) is 5.69 Å². The average molecular weight is 602 g/mol. The third-order valence-electron chi connectivity index (χ3n) is 6.52. The molecule has 7 heteroatoms. The van der Waals surface area contributed by atoms with Gasteiger partial charge in [0.15, 0.2) is 11.6 Å². The van der Waals surface area contributed by atoms with Crippen LogP contribution in [-0.2, 0) is 32.4 Å². The summed E-state index contributed by atoms with van der Waals surface area (Å²) in [6.07, 6.45) is 1.59. The summed E-state index contributed by atoms with van der Waals surface area (Å²) in [5, 5.41) is 1.01. The Bertz CT molecular complexity index is 1110. The fourth-order valence-electron chi connectivity index (χ4n) is 6.01. The van der Waals surface area contributed by atoms with E-state index in [4.69, 9.17) is 19.9 Å². The molecule has 35 heavy (non-hydrogen) atoms. The number of benzene rings is 3. The maximum atomic E-state index is 6.42. The van der Waals surface area contributed by atoms with Gasteiger partial charge in [-0.05, 0) is 52.7 Å². The Balaban J connectivity index is 0.000000167. The van der Waals surface area contributed by atoms with Crippen molar-refractivity contribution >= 4 is 28.4 Å². The van der Waals surface area contributed by atoms with Crippen molar-refractivity contribution in [3.05, 3.63) is 84.9 Å². The molecule has 4 nitrogen and oxygen atoms in total. The molecule has 7 rings (SSSR count). The summed E-state index contributed by atoms with van der Waals surface area (Å²) >= 11 is 2.22. The quantitative estimate of drug-likeness (QED) is 0.149. The predicted octanol–water partition coefficient (Wildman–Crippen LogP) is 6.95. The summed E-state index contributed by atoms with van der Waals surface area (Å²) in [6.45, 7) is 8.59. The number of rotatable bonds is 2. The number of nitrogen functional groups attached to an aromatic ring is 1. The minimum absolute atomic E-state index is 0.177.